The molecule has 1 heterocycles. The van der Waals surface area contributed by atoms with Crippen molar-refractivity contribution >= 4 is 17.3 Å². The molecule has 1 aliphatic rings. The van der Waals surface area contributed by atoms with E-state index in [2.05, 4.69) is 17.1 Å². The molecule has 7 heteroatoms. The maximum absolute atomic E-state index is 12.1. The van der Waals surface area contributed by atoms with Gasteiger partial charge in [-0.3, -0.25) is 14.9 Å². The number of non-ortho nitro benzene ring substituents is 1. The number of nitro benzene ring substituents is 1. The number of rotatable bonds is 6. The van der Waals surface area contributed by atoms with Crippen LogP contribution >= 0.6 is 0 Å². The summed E-state index contributed by atoms with van der Waals surface area (Å²) < 4.78 is 0. The van der Waals surface area contributed by atoms with Gasteiger partial charge in [-0.25, -0.2) is 0 Å². The Morgan fingerprint density at radius 1 is 1.52 bits per heavy atom. The second-order valence-electron chi connectivity index (χ2n) is 6.60. The number of aryl methyl sites for hydroxylation is 1. The Bertz CT molecular complexity index is 605. The van der Waals surface area contributed by atoms with Gasteiger partial charge in [-0.05, 0) is 37.4 Å². The first-order chi connectivity index (χ1) is 10.8. The van der Waals surface area contributed by atoms with E-state index >= 15 is 0 Å². The highest BCUT2D eigenvalue weighted by Crippen LogP contribution is 2.28. The van der Waals surface area contributed by atoms with Crippen molar-refractivity contribution in [3.8, 4) is 0 Å². The van der Waals surface area contributed by atoms with Crippen molar-refractivity contribution in [1.82, 2.24) is 4.90 Å². The van der Waals surface area contributed by atoms with Crippen LogP contribution in [0, 0.1) is 22.5 Å². The van der Waals surface area contributed by atoms with Gasteiger partial charge >= 0.3 is 0 Å². The molecule has 0 aliphatic carbocycles. The Morgan fingerprint density at radius 2 is 2.26 bits per heavy atom. The average Bonchev–Trinajstić information content (AvgIpc) is 2.89. The number of nitro groups is 1. The molecule has 1 fully saturated rings. The molecule has 2 rings (SSSR count). The second kappa shape index (κ2) is 7.06. The average molecular weight is 320 g/mol. The number of nitrogens with zero attached hydrogens (tertiary/aromatic N) is 2. The van der Waals surface area contributed by atoms with Gasteiger partial charge in [-0.2, -0.15) is 0 Å². The lowest BCUT2D eigenvalue weighted by molar-refractivity contribution is -0.384. The third-order valence-electron chi connectivity index (χ3n) is 4.49. The number of amides is 1. The Balaban J connectivity index is 1.88. The summed E-state index contributed by atoms with van der Waals surface area (Å²) in [5, 5.41) is 13.6. The molecular formula is C16H24N4O3. The van der Waals surface area contributed by atoms with Crippen LogP contribution in [0.3, 0.4) is 0 Å². The number of hydrogen-bond acceptors (Lipinski definition) is 5. The molecule has 1 atom stereocenters. The monoisotopic (exact) mass is 320 g/mol. The summed E-state index contributed by atoms with van der Waals surface area (Å²) in [4.78, 5) is 24.7. The molecule has 23 heavy (non-hydrogen) atoms. The van der Waals surface area contributed by atoms with Crippen LogP contribution in [-0.2, 0) is 4.79 Å². The highest BCUT2D eigenvalue weighted by molar-refractivity contribution is 5.92. The van der Waals surface area contributed by atoms with Crippen molar-refractivity contribution in [2.45, 2.75) is 26.7 Å². The van der Waals surface area contributed by atoms with E-state index in [1.807, 2.05) is 6.92 Å². The first-order valence-electron chi connectivity index (χ1n) is 7.80. The van der Waals surface area contributed by atoms with E-state index in [0.717, 1.165) is 25.1 Å². The Kier molecular flexibility index (Phi) is 5.33. The van der Waals surface area contributed by atoms with Crippen molar-refractivity contribution in [3.05, 3.63) is 33.9 Å². The van der Waals surface area contributed by atoms with E-state index in [4.69, 9.17) is 5.73 Å². The van der Waals surface area contributed by atoms with Gasteiger partial charge in [0, 0.05) is 31.6 Å². The van der Waals surface area contributed by atoms with Crippen LogP contribution in [0.15, 0.2) is 18.2 Å². The lowest BCUT2D eigenvalue weighted by atomic mass is 9.90. The highest BCUT2D eigenvalue weighted by Gasteiger charge is 2.32. The minimum Gasteiger partial charge on any atom is -0.330 e. The van der Waals surface area contributed by atoms with Gasteiger partial charge in [0.05, 0.1) is 10.6 Å². The highest BCUT2D eigenvalue weighted by atomic mass is 16.6. The molecule has 0 bridgehead atoms. The number of likely N-dealkylation sites (tertiary alicyclic amines) is 1. The predicted molar refractivity (Wildman–Crippen MR) is 89.3 cm³/mol. The maximum Gasteiger partial charge on any atom is 0.271 e. The van der Waals surface area contributed by atoms with Crippen LogP contribution in [0.2, 0.25) is 0 Å². The maximum atomic E-state index is 12.1. The van der Waals surface area contributed by atoms with Gasteiger partial charge in [-0.1, -0.05) is 13.0 Å². The molecule has 126 valence electrons. The first-order valence-corrected chi connectivity index (χ1v) is 7.80. The van der Waals surface area contributed by atoms with Gasteiger partial charge < -0.3 is 16.0 Å². The molecule has 3 N–H and O–H groups in total. The van der Waals surface area contributed by atoms with E-state index in [9.17, 15) is 14.9 Å². The van der Waals surface area contributed by atoms with Crippen molar-refractivity contribution in [2.24, 2.45) is 11.1 Å². The fourth-order valence-electron chi connectivity index (χ4n) is 2.81. The summed E-state index contributed by atoms with van der Waals surface area (Å²) in [6.45, 7) is 7.17. The molecule has 0 saturated carbocycles. The first kappa shape index (κ1) is 17.4. The predicted octanol–water partition coefficient (Wildman–Crippen LogP) is 1.90. The number of anilines is 1. The Labute approximate surface area is 136 Å². The second-order valence-corrected chi connectivity index (χ2v) is 6.60. The summed E-state index contributed by atoms with van der Waals surface area (Å²) in [6, 6.07) is 4.47. The van der Waals surface area contributed by atoms with E-state index < -0.39 is 4.92 Å². The van der Waals surface area contributed by atoms with E-state index in [1.165, 1.54) is 12.1 Å². The van der Waals surface area contributed by atoms with Crippen LogP contribution in [0.25, 0.3) is 0 Å². The summed E-state index contributed by atoms with van der Waals surface area (Å²) in [6.07, 6.45) is 1.41. The molecule has 0 spiro atoms. The molecule has 1 amide bonds. The number of benzene rings is 1. The van der Waals surface area contributed by atoms with Crippen molar-refractivity contribution < 1.29 is 9.72 Å². The lowest BCUT2D eigenvalue weighted by Gasteiger charge is -2.22. The minimum atomic E-state index is -0.465. The third kappa shape index (κ3) is 4.49. The van der Waals surface area contributed by atoms with Crippen molar-refractivity contribution in [1.29, 1.82) is 0 Å². The van der Waals surface area contributed by atoms with Gasteiger partial charge in [0.2, 0.25) is 5.91 Å². The molecular weight excluding hydrogens is 296 g/mol. The third-order valence-corrected chi connectivity index (χ3v) is 4.49. The van der Waals surface area contributed by atoms with Crippen LogP contribution in [0.5, 0.6) is 0 Å². The molecule has 1 saturated heterocycles. The molecule has 1 aliphatic heterocycles. The number of nitrogens with two attached hydrogens (primary N) is 1. The summed E-state index contributed by atoms with van der Waals surface area (Å²) in [5.74, 6) is -0.130. The Morgan fingerprint density at radius 3 is 2.87 bits per heavy atom. The standard InChI is InChI=1S/C16H24N4O3/c1-12-3-4-13(20(22)23)9-14(12)18-15(21)5-7-19-8-6-16(2,10-17)11-19/h3-4,9H,5-8,10-11,17H2,1-2H3,(H,18,21). The van der Waals surface area contributed by atoms with Gasteiger partial charge in [-0.15, -0.1) is 0 Å². The van der Waals surface area contributed by atoms with Gasteiger partial charge in [0.15, 0.2) is 0 Å². The quantitative estimate of drug-likeness (QED) is 0.616. The number of hydrogen-bond donors (Lipinski definition) is 2. The lowest BCUT2D eigenvalue weighted by Crippen LogP contribution is -2.32. The van der Waals surface area contributed by atoms with Gasteiger partial charge in [0.1, 0.15) is 0 Å². The Hall–Kier alpha value is -1.99. The number of nitrogens with one attached hydrogen (secondary N) is 1. The zero-order chi connectivity index (χ0) is 17.0. The summed E-state index contributed by atoms with van der Waals surface area (Å²) in [7, 11) is 0. The smallest absolute Gasteiger partial charge is 0.271 e. The zero-order valence-electron chi connectivity index (χ0n) is 13.7. The minimum absolute atomic E-state index is 0.0239. The summed E-state index contributed by atoms with van der Waals surface area (Å²) >= 11 is 0. The zero-order valence-corrected chi connectivity index (χ0v) is 13.7. The molecule has 0 radical (unpaired) electrons. The van der Waals surface area contributed by atoms with Gasteiger partial charge in [0.25, 0.3) is 5.69 Å². The summed E-state index contributed by atoms with van der Waals surface area (Å²) in [5.41, 5.74) is 7.21. The van der Waals surface area contributed by atoms with Crippen LogP contribution in [0.1, 0.15) is 25.3 Å². The molecule has 1 aromatic rings. The van der Waals surface area contributed by atoms with Crippen molar-refractivity contribution in [3.63, 3.8) is 0 Å². The normalized spacial score (nSPS) is 21.3. The number of carbonyl (C=O) groups is 1. The fourth-order valence-corrected chi connectivity index (χ4v) is 2.81. The van der Waals surface area contributed by atoms with Crippen LogP contribution in [-0.4, -0.2) is 41.9 Å². The molecule has 1 aromatic carbocycles. The van der Waals surface area contributed by atoms with Crippen LogP contribution in [0.4, 0.5) is 11.4 Å². The molecule has 1 unspecified atom stereocenters. The SMILES string of the molecule is Cc1ccc([N+](=O)[O-])cc1NC(=O)CCN1CCC(C)(CN)C1. The van der Waals surface area contributed by atoms with E-state index in [-0.39, 0.29) is 17.0 Å². The van der Waals surface area contributed by atoms with E-state index in [1.54, 1.807) is 6.07 Å². The number of carbonyl (C=O) groups excluding carboxylic acids is 1. The van der Waals surface area contributed by atoms with E-state index in [0.29, 0.717) is 25.2 Å². The topological polar surface area (TPSA) is 102 Å². The fraction of sp³-hybridized carbons (Fsp3) is 0.562. The molecule has 7 nitrogen and oxygen atoms in total. The largest absolute Gasteiger partial charge is 0.330 e. The molecule has 0 aromatic heterocycles. The van der Waals surface area contributed by atoms with Crippen LogP contribution < -0.4 is 11.1 Å². The van der Waals surface area contributed by atoms with Crippen molar-refractivity contribution in [2.75, 3.05) is 31.5 Å².